The van der Waals surface area contributed by atoms with E-state index in [4.69, 9.17) is 47.7 Å². The second-order valence-corrected chi connectivity index (χ2v) is 16.3. The predicted molar refractivity (Wildman–Crippen MR) is 220 cm³/mol. The minimum Gasteiger partial charge on any atom is -0.481 e. The van der Waals surface area contributed by atoms with Crippen LogP contribution in [0, 0.1) is 35.5 Å². The zero-order valence-corrected chi connectivity index (χ0v) is 38.0. The van der Waals surface area contributed by atoms with Crippen LogP contribution in [0.5, 0.6) is 0 Å². The Morgan fingerprint density at radius 1 is 0.600 bits per heavy atom. The summed E-state index contributed by atoms with van der Waals surface area (Å²) in [4.78, 5) is 58.2. The molecule has 4 rings (SSSR count). The highest BCUT2D eigenvalue weighted by atomic mass is 16.8. The van der Waals surface area contributed by atoms with Crippen molar-refractivity contribution < 1.29 is 71.7 Å². The Bertz CT molecular complexity index is 1470. The van der Waals surface area contributed by atoms with E-state index in [1.165, 1.54) is 32.8 Å². The number of benzene rings is 1. The van der Waals surface area contributed by atoms with Gasteiger partial charge in [0.05, 0.1) is 43.9 Å². The van der Waals surface area contributed by atoms with E-state index >= 15 is 0 Å². The summed E-state index contributed by atoms with van der Waals surface area (Å²) in [6.07, 6.45) is -4.05. The van der Waals surface area contributed by atoms with Gasteiger partial charge in [-0.2, -0.15) is 0 Å². The maximum atomic E-state index is 12.5. The number of carboxylic acids is 1. The van der Waals surface area contributed by atoms with Gasteiger partial charge < -0.3 is 47.7 Å². The number of hydrogen-bond donors (Lipinski definition) is 1. The summed E-state index contributed by atoms with van der Waals surface area (Å²) >= 11 is 0. The summed E-state index contributed by atoms with van der Waals surface area (Å²) in [7, 11) is 0. The molecule has 1 N–H and O–H groups in total. The maximum Gasteiger partial charge on any atom is 0.311 e. The van der Waals surface area contributed by atoms with Crippen LogP contribution >= 0.6 is 0 Å². The van der Waals surface area contributed by atoms with Crippen LogP contribution in [0.25, 0.3) is 0 Å². The first-order chi connectivity index (χ1) is 28.2. The number of esters is 4. The number of carbonyl (C=O) groups is 5. The summed E-state index contributed by atoms with van der Waals surface area (Å²) in [6.45, 7) is 23.7. The van der Waals surface area contributed by atoms with E-state index in [-0.39, 0.29) is 36.9 Å². The first-order valence-electron chi connectivity index (χ1n) is 21.4. The predicted octanol–water partition coefficient (Wildman–Crippen LogP) is 7.07. The van der Waals surface area contributed by atoms with Crippen molar-refractivity contribution in [1.29, 1.82) is 0 Å². The summed E-state index contributed by atoms with van der Waals surface area (Å²) in [5, 5.41) is 8.18. The number of ether oxygens (including phenoxy) is 9. The molecular weight excluding hydrogens is 780 g/mol. The zero-order valence-electron chi connectivity index (χ0n) is 38.0. The first-order valence-corrected chi connectivity index (χ1v) is 21.4. The summed E-state index contributed by atoms with van der Waals surface area (Å²) < 4.78 is 52.6. The second kappa shape index (κ2) is 26.0. The topological polar surface area (TPSA) is 189 Å². The van der Waals surface area contributed by atoms with E-state index in [2.05, 4.69) is 44.2 Å². The van der Waals surface area contributed by atoms with Gasteiger partial charge in [0.15, 0.2) is 30.9 Å². The van der Waals surface area contributed by atoms with Gasteiger partial charge >= 0.3 is 29.8 Å². The van der Waals surface area contributed by atoms with Gasteiger partial charge in [0, 0.05) is 38.5 Å². The van der Waals surface area contributed by atoms with Crippen molar-refractivity contribution >= 4 is 29.8 Å². The monoisotopic (exact) mass is 852 g/mol. The van der Waals surface area contributed by atoms with Gasteiger partial charge in [0.1, 0.15) is 0 Å². The van der Waals surface area contributed by atoms with Crippen molar-refractivity contribution in [2.45, 2.75) is 165 Å². The molecule has 15 unspecified atom stereocenters. The SMILES string of the molecule is CCC(C)C(=O)O.CCC(C)C(=O)OC1OCC(OC2OCC(OC3OCC(C)C(C)C3OC(C)=O)C(C)C2OC(C)=O)C(C)C1OC(C)=O.CCC(C)c1ccccc1. The van der Waals surface area contributed by atoms with Crippen LogP contribution in [0.15, 0.2) is 30.3 Å². The molecule has 0 amide bonds. The van der Waals surface area contributed by atoms with E-state index in [1.54, 1.807) is 20.8 Å². The minimum absolute atomic E-state index is 0.00551. The highest BCUT2D eigenvalue weighted by molar-refractivity contribution is 5.72. The average Bonchev–Trinajstić information content (AvgIpc) is 3.21. The third-order valence-electron chi connectivity index (χ3n) is 11.6. The van der Waals surface area contributed by atoms with E-state index < -0.39 is 91.1 Å². The minimum atomic E-state index is -1.10. The Morgan fingerprint density at radius 2 is 1.02 bits per heavy atom. The van der Waals surface area contributed by atoms with Crippen molar-refractivity contribution in [2.75, 3.05) is 19.8 Å². The molecule has 3 aliphatic heterocycles. The van der Waals surface area contributed by atoms with Crippen molar-refractivity contribution in [3.8, 4) is 0 Å². The molecule has 0 aromatic heterocycles. The largest absolute Gasteiger partial charge is 0.481 e. The lowest BCUT2D eigenvalue weighted by Gasteiger charge is -2.46. The van der Waals surface area contributed by atoms with Crippen molar-refractivity contribution in [3.63, 3.8) is 0 Å². The number of rotatable bonds is 14. The van der Waals surface area contributed by atoms with Crippen molar-refractivity contribution in [1.82, 2.24) is 0 Å². The molecule has 3 saturated heterocycles. The van der Waals surface area contributed by atoms with Gasteiger partial charge in [0.2, 0.25) is 6.29 Å². The lowest BCUT2D eigenvalue weighted by atomic mass is 9.88. The van der Waals surface area contributed by atoms with Gasteiger partial charge in [-0.15, -0.1) is 0 Å². The van der Waals surface area contributed by atoms with Crippen LogP contribution in [0.3, 0.4) is 0 Å². The lowest BCUT2D eigenvalue weighted by molar-refractivity contribution is -0.333. The summed E-state index contributed by atoms with van der Waals surface area (Å²) in [6, 6.07) is 10.6. The second-order valence-electron chi connectivity index (χ2n) is 16.3. The smallest absolute Gasteiger partial charge is 0.311 e. The first kappa shape index (κ1) is 52.5. The fourth-order valence-electron chi connectivity index (χ4n) is 6.51. The molecule has 1 aromatic rings. The molecule has 0 bridgehead atoms. The molecule has 0 saturated carbocycles. The van der Waals surface area contributed by atoms with Crippen LogP contribution in [0.4, 0.5) is 0 Å². The molecule has 3 heterocycles. The van der Waals surface area contributed by atoms with Crippen LogP contribution in [-0.4, -0.2) is 104 Å². The molecule has 0 radical (unpaired) electrons. The molecule has 15 heteroatoms. The highest BCUT2D eigenvalue weighted by Crippen LogP contribution is 2.36. The third kappa shape index (κ3) is 16.3. The van der Waals surface area contributed by atoms with Crippen LogP contribution < -0.4 is 0 Å². The molecule has 3 aliphatic rings. The fraction of sp³-hybridized carbons (Fsp3) is 0.756. The fourth-order valence-corrected chi connectivity index (χ4v) is 6.51. The molecule has 0 aliphatic carbocycles. The number of hydrogen-bond acceptors (Lipinski definition) is 14. The standard InChI is InChI=1S/C30H48O13.C10H14.C5H10O2/c1-10-14(2)27(34)43-30-26(40-21(9)33)18(6)23(13-37-30)42-29-25(39-20(8)32)17(5)22(12-36-29)41-28-24(38-19(7)31)16(4)15(3)11-35-28;1-3-9(2)10-7-5-4-6-8-10;1-3-4(2)5(6)7/h14-18,22-26,28-30H,10-13H2,1-9H3;4-9H,3H2,1-2H3;4H,3H2,1-2H3,(H,6,7). The Morgan fingerprint density at radius 3 is 1.42 bits per heavy atom. The normalized spacial score (nSPS) is 31.6. The molecule has 15 atom stereocenters. The Hall–Kier alpha value is -3.63. The molecule has 342 valence electrons. The van der Waals surface area contributed by atoms with Gasteiger partial charge in [-0.1, -0.05) is 99.6 Å². The molecule has 3 fully saturated rings. The zero-order chi connectivity index (χ0) is 45.3. The summed E-state index contributed by atoms with van der Waals surface area (Å²) in [5.74, 6) is -3.24. The van der Waals surface area contributed by atoms with E-state index in [0.717, 1.165) is 6.42 Å². The van der Waals surface area contributed by atoms with Gasteiger partial charge in [-0.25, -0.2) is 0 Å². The molecule has 1 aromatic carbocycles. The van der Waals surface area contributed by atoms with Crippen molar-refractivity contribution in [2.24, 2.45) is 35.5 Å². The van der Waals surface area contributed by atoms with Crippen LogP contribution in [0.1, 0.15) is 121 Å². The van der Waals surface area contributed by atoms with Gasteiger partial charge in [0.25, 0.3) is 0 Å². The third-order valence-corrected chi connectivity index (χ3v) is 11.6. The maximum absolute atomic E-state index is 12.5. The van der Waals surface area contributed by atoms with E-state index in [9.17, 15) is 24.0 Å². The van der Waals surface area contributed by atoms with E-state index in [1.807, 2.05) is 34.6 Å². The van der Waals surface area contributed by atoms with Crippen molar-refractivity contribution in [3.05, 3.63) is 35.9 Å². The number of carbonyl (C=O) groups excluding carboxylic acids is 4. The van der Waals surface area contributed by atoms with Crippen LogP contribution in [-0.2, 0) is 66.6 Å². The number of aliphatic carboxylic acids is 1. The Balaban J connectivity index is 0.000000602. The molecule has 60 heavy (non-hydrogen) atoms. The average molecular weight is 853 g/mol. The molecular formula is C45H72O15. The lowest BCUT2D eigenvalue weighted by Crippen LogP contribution is -2.58. The number of carboxylic acid groups (broad SMARTS) is 1. The van der Waals surface area contributed by atoms with Gasteiger partial charge in [-0.05, 0) is 36.7 Å². The summed E-state index contributed by atoms with van der Waals surface area (Å²) in [5.41, 5.74) is 1.45. The Kier molecular flexibility index (Phi) is 22.7. The van der Waals surface area contributed by atoms with Gasteiger partial charge in [-0.3, -0.25) is 24.0 Å². The highest BCUT2D eigenvalue weighted by Gasteiger charge is 2.49. The Labute approximate surface area is 356 Å². The molecule has 15 nitrogen and oxygen atoms in total. The molecule has 0 spiro atoms. The van der Waals surface area contributed by atoms with E-state index in [0.29, 0.717) is 18.9 Å². The van der Waals surface area contributed by atoms with Crippen LogP contribution in [0.2, 0.25) is 0 Å². The quantitative estimate of drug-likeness (QED) is 0.148.